The first-order chi connectivity index (χ1) is 12.5. The Kier molecular flexibility index (Phi) is 5.46. The van der Waals surface area contributed by atoms with Crippen molar-refractivity contribution in [1.29, 1.82) is 0 Å². The number of amides is 1. The van der Waals surface area contributed by atoms with Crippen molar-refractivity contribution in [3.63, 3.8) is 0 Å². The zero-order chi connectivity index (χ0) is 18.7. The first kappa shape index (κ1) is 18.2. The third-order valence-electron chi connectivity index (χ3n) is 4.11. The highest BCUT2D eigenvalue weighted by molar-refractivity contribution is 7.77. The van der Waals surface area contributed by atoms with E-state index in [1.165, 1.54) is 4.90 Å². The van der Waals surface area contributed by atoms with Gasteiger partial charge in [-0.2, -0.15) is 0 Å². The number of carbonyl (C=O) groups is 1. The summed E-state index contributed by atoms with van der Waals surface area (Å²) in [5, 5.41) is 0.948. The van der Waals surface area contributed by atoms with Crippen LogP contribution in [0.1, 0.15) is 5.56 Å². The number of fused-ring (bicyclic) bond motifs is 1. The van der Waals surface area contributed by atoms with E-state index in [1.54, 1.807) is 37.3 Å². The molecule has 0 aliphatic rings. The van der Waals surface area contributed by atoms with Gasteiger partial charge in [0.15, 0.2) is 0 Å². The van der Waals surface area contributed by atoms with Gasteiger partial charge in [0, 0.05) is 44.6 Å². The van der Waals surface area contributed by atoms with Gasteiger partial charge in [-0.15, -0.1) is 0 Å². The van der Waals surface area contributed by atoms with Gasteiger partial charge in [-0.1, -0.05) is 12.1 Å². The van der Waals surface area contributed by atoms with Gasteiger partial charge in [0.25, 0.3) is 0 Å². The summed E-state index contributed by atoms with van der Waals surface area (Å²) in [6.45, 7) is 0.338. The van der Waals surface area contributed by atoms with E-state index in [1.807, 2.05) is 30.3 Å². The van der Waals surface area contributed by atoms with Crippen molar-refractivity contribution < 1.29 is 13.6 Å². The maximum atomic E-state index is 12.6. The quantitative estimate of drug-likeness (QED) is 0.674. The summed E-state index contributed by atoms with van der Waals surface area (Å²) in [5.41, 5.74) is 3.75. The van der Waals surface area contributed by atoms with Crippen LogP contribution in [0.3, 0.4) is 0 Å². The second kappa shape index (κ2) is 7.77. The Hall–Kier alpha value is -2.55. The normalized spacial score (nSPS) is 12.3. The predicted octanol–water partition coefficient (Wildman–Crippen LogP) is 2.50. The molecule has 0 spiro atoms. The number of hydrogen-bond acceptors (Lipinski definition) is 3. The highest BCUT2D eigenvalue weighted by Crippen LogP contribution is 2.28. The topological polar surface area (TPSA) is 87.5 Å². The maximum Gasteiger partial charge on any atom is 0.328 e. The van der Waals surface area contributed by atoms with E-state index in [0.29, 0.717) is 13.0 Å². The molecular weight excluding hydrogens is 352 g/mol. The van der Waals surface area contributed by atoms with E-state index in [-0.39, 0.29) is 6.03 Å². The Morgan fingerprint density at radius 1 is 1.23 bits per heavy atom. The van der Waals surface area contributed by atoms with Crippen LogP contribution in [-0.4, -0.2) is 49.9 Å². The molecule has 26 heavy (non-hydrogen) atoms. The molecule has 0 bridgehead atoms. The van der Waals surface area contributed by atoms with Crippen LogP contribution in [0.2, 0.25) is 0 Å². The molecule has 1 atom stereocenters. The lowest BCUT2D eigenvalue weighted by molar-refractivity contribution is 0.220. The number of nitrogens with one attached hydrogen (secondary N) is 1. The molecule has 8 heteroatoms. The van der Waals surface area contributed by atoms with E-state index in [9.17, 15) is 9.00 Å². The molecule has 3 aromatic rings. The molecule has 0 aliphatic carbocycles. The van der Waals surface area contributed by atoms with E-state index < -0.39 is 11.3 Å². The van der Waals surface area contributed by atoms with Gasteiger partial charge >= 0.3 is 6.03 Å². The minimum Gasteiger partial charge on any atom is -0.330 e. The first-order valence-electron chi connectivity index (χ1n) is 8.08. The number of aromatic nitrogens is 2. The zero-order valence-electron chi connectivity index (χ0n) is 14.5. The summed E-state index contributed by atoms with van der Waals surface area (Å²) in [5.74, 6) is 0. The van der Waals surface area contributed by atoms with Crippen LogP contribution in [0.25, 0.3) is 22.0 Å². The van der Waals surface area contributed by atoms with Crippen LogP contribution >= 0.6 is 0 Å². The highest BCUT2D eigenvalue weighted by Gasteiger charge is 2.16. The Balaban J connectivity index is 2.07. The van der Waals surface area contributed by atoms with Crippen LogP contribution in [0.15, 0.2) is 48.9 Å². The van der Waals surface area contributed by atoms with Crippen LogP contribution in [-0.2, 0) is 17.7 Å². The molecule has 1 unspecified atom stereocenters. The smallest absolute Gasteiger partial charge is 0.328 e. The molecule has 2 N–H and O–H groups in total. The minimum absolute atomic E-state index is 0.146. The van der Waals surface area contributed by atoms with Gasteiger partial charge in [-0.3, -0.25) is 14.1 Å². The lowest BCUT2D eigenvalue weighted by atomic mass is 10.0. The molecule has 0 saturated heterocycles. The summed E-state index contributed by atoms with van der Waals surface area (Å²) in [6.07, 6.45) is 5.79. The molecule has 0 saturated carbocycles. The second-order valence-electron chi connectivity index (χ2n) is 6.06. The Morgan fingerprint density at radius 2 is 1.96 bits per heavy atom. The van der Waals surface area contributed by atoms with Gasteiger partial charge in [-0.05, 0) is 41.3 Å². The third-order valence-corrected chi connectivity index (χ3v) is 4.56. The summed E-state index contributed by atoms with van der Waals surface area (Å²) < 4.78 is 23.7. The van der Waals surface area contributed by atoms with Crippen molar-refractivity contribution in [3.8, 4) is 11.1 Å². The molecular formula is C18H20N4O3S. The van der Waals surface area contributed by atoms with Crippen LogP contribution in [0.5, 0.6) is 0 Å². The third kappa shape index (κ3) is 3.82. The van der Waals surface area contributed by atoms with Crippen molar-refractivity contribution in [2.24, 2.45) is 0 Å². The number of benzene rings is 1. The molecule has 136 valence electrons. The van der Waals surface area contributed by atoms with Crippen LogP contribution in [0, 0.1) is 0 Å². The van der Waals surface area contributed by atoms with Crippen molar-refractivity contribution in [1.82, 2.24) is 19.2 Å². The summed E-state index contributed by atoms with van der Waals surface area (Å²) in [7, 11) is 3.41. The SMILES string of the molecule is CN(C)C(=O)n1cc(CCNS(=O)O)c2ccc(-c3ccncc3)cc21. The van der Waals surface area contributed by atoms with Crippen LogP contribution < -0.4 is 4.72 Å². The summed E-state index contributed by atoms with van der Waals surface area (Å²) in [6, 6.07) is 9.66. The van der Waals surface area contributed by atoms with Crippen molar-refractivity contribution >= 4 is 28.2 Å². The Morgan fingerprint density at radius 3 is 2.62 bits per heavy atom. The molecule has 3 rings (SSSR count). The molecule has 0 aliphatic heterocycles. The highest BCUT2D eigenvalue weighted by atomic mass is 32.2. The summed E-state index contributed by atoms with van der Waals surface area (Å²) >= 11 is -2.05. The monoisotopic (exact) mass is 372 g/mol. The average Bonchev–Trinajstić information content (AvgIpc) is 2.99. The lowest BCUT2D eigenvalue weighted by Crippen LogP contribution is -2.26. The fraction of sp³-hybridized carbons (Fsp3) is 0.222. The number of nitrogens with zero attached hydrogens (tertiary/aromatic N) is 3. The van der Waals surface area contributed by atoms with Gasteiger partial charge in [0.2, 0.25) is 11.3 Å². The molecule has 1 aromatic carbocycles. The Bertz CT molecular complexity index is 954. The average molecular weight is 372 g/mol. The molecule has 1 amide bonds. The van der Waals surface area contributed by atoms with Gasteiger partial charge in [-0.25, -0.2) is 13.7 Å². The zero-order valence-corrected chi connectivity index (χ0v) is 15.4. The standard InChI is InChI=1S/C18H20N4O3S/c1-21(2)18(23)22-12-15(7-10-20-26(24)25)16-4-3-14(11-17(16)22)13-5-8-19-9-6-13/h3-6,8-9,11-12,20H,7,10H2,1-2H3,(H,24,25). The van der Waals surface area contributed by atoms with Crippen LogP contribution in [0.4, 0.5) is 4.79 Å². The lowest BCUT2D eigenvalue weighted by Gasteiger charge is -2.12. The predicted molar refractivity (Wildman–Crippen MR) is 102 cm³/mol. The molecule has 2 aromatic heterocycles. The molecule has 7 nitrogen and oxygen atoms in total. The number of carbonyl (C=O) groups excluding carboxylic acids is 1. The van der Waals surface area contributed by atoms with Crippen molar-refractivity contribution in [3.05, 3.63) is 54.5 Å². The van der Waals surface area contributed by atoms with Gasteiger partial charge in [0.1, 0.15) is 0 Å². The molecule has 2 heterocycles. The Labute approximate surface area is 154 Å². The van der Waals surface area contributed by atoms with Gasteiger partial charge < -0.3 is 4.90 Å². The minimum atomic E-state index is -2.05. The number of hydrogen-bond donors (Lipinski definition) is 2. The molecule has 0 fully saturated rings. The van der Waals surface area contributed by atoms with Crippen molar-refractivity contribution in [2.45, 2.75) is 6.42 Å². The summed E-state index contributed by atoms with van der Waals surface area (Å²) in [4.78, 5) is 18.1. The fourth-order valence-corrected chi connectivity index (χ4v) is 3.14. The van der Waals surface area contributed by atoms with Crippen molar-refractivity contribution in [2.75, 3.05) is 20.6 Å². The second-order valence-corrected chi connectivity index (χ2v) is 6.85. The van der Waals surface area contributed by atoms with Gasteiger partial charge in [0.05, 0.1) is 5.52 Å². The van der Waals surface area contributed by atoms with E-state index in [4.69, 9.17) is 4.55 Å². The fourth-order valence-electron chi connectivity index (χ4n) is 2.87. The maximum absolute atomic E-state index is 12.6. The van der Waals surface area contributed by atoms with E-state index >= 15 is 0 Å². The molecule has 0 radical (unpaired) electrons. The van der Waals surface area contributed by atoms with E-state index in [0.717, 1.165) is 27.6 Å². The number of rotatable bonds is 5. The first-order valence-corrected chi connectivity index (χ1v) is 9.18. The largest absolute Gasteiger partial charge is 0.330 e. The van der Waals surface area contributed by atoms with E-state index in [2.05, 4.69) is 9.71 Å². The number of pyridine rings is 1.